The first kappa shape index (κ1) is 19.3. The fourth-order valence-electron chi connectivity index (χ4n) is 4.74. The number of nitrogens with zero attached hydrogens (tertiary/aromatic N) is 2. The number of anilines is 1. The van der Waals surface area contributed by atoms with Gasteiger partial charge in [0.15, 0.2) is 0 Å². The molecule has 1 aromatic heterocycles. The molecule has 0 radical (unpaired) electrons. The van der Waals surface area contributed by atoms with Crippen molar-refractivity contribution >= 4 is 22.4 Å². The summed E-state index contributed by atoms with van der Waals surface area (Å²) in [5.41, 5.74) is -0.275. The molecule has 150 valence electrons. The summed E-state index contributed by atoms with van der Waals surface area (Å²) in [6, 6.07) is 7.58. The van der Waals surface area contributed by atoms with Crippen LogP contribution in [-0.2, 0) is 11.3 Å². The Morgan fingerprint density at radius 3 is 2.82 bits per heavy atom. The van der Waals surface area contributed by atoms with E-state index in [1.165, 1.54) is 28.4 Å². The molecule has 2 aromatic rings. The van der Waals surface area contributed by atoms with Crippen molar-refractivity contribution in [3.05, 3.63) is 52.9 Å². The largest absolute Gasteiger partial charge is 0.419 e. The van der Waals surface area contributed by atoms with Gasteiger partial charge in [0.05, 0.1) is 26.7 Å². The molecular formula is C21H25F2N2O2S+. The van der Waals surface area contributed by atoms with E-state index in [4.69, 9.17) is 4.74 Å². The Morgan fingerprint density at radius 1 is 1.29 bits per heavy atom. The quantitative estimate of drug-likeness (QED) is 0.645. The highest BCUT2D eigenvalue weighted by atomic mass is 32.1. The zero-order valence-corrected chi connectivity index (χ0v) is 17.0. The molecule has 2 bridgehead atoms. The van der Waals surface area contributed by atoms with Crippen LogP contribution >= 0.6 is 11.3 Å². The van der Waals surface area contributed by atoms with Crippen molar-refractivity contribution in [3.8, 4) is 0 Å². The number of thiophene rings is 1. The van der Waals surface area contributed by atoms with Crippen LogP contribution in [0.2, 0.25) is 0 Å². The van der Waals surface area contributed by atoms with E-state index < -0.39 is 23.5 Å². The van der Waals surface area contributed by atoms with Crippen molar-refractivity contribution in [3.63, 3.8) is 0 Å². The summed E-state index contributed by atoms with van der Waals surface area (Å²) in [7, 11) is 4.28. The van der Waals surface area contributed by atoms with E-state index in [9.17, 15) is 13.6 Å². The Hall–Kier alpha value is -1.99. The second-order valence-electron chi connectivity index (χ2n) is 8.21. The van der Waals surface area contributed by atoms with Crippen molar-refractivity contribution in [2.24, 2.45) is 0 Å². The maximum atomic E-state index is 14.2. The smallest absolute Gasteiger partial charge is 0.393 e. The lowest BCUT2D eigenvalue weighted by Gasteiger charge is -2.48. The Bertz CT molecular complexity index is 867. The number of carbonyl (C=O) groups excluding carboxylic acids is 1. The van der Waals surface area contributed by atoms with Crippen LogP contribution in [0.4, 0.5) is 18.6 Å². The number of hydrogen-bond acceptors (Lipinski definition) is 3. The first-order chi connectivity index (χ1) is 13.3. The molecule has 7 heteroatoms. The Morgan fingerprint density at radius 2 is 2.11 bits per heavy atom. The van der Waals surface area contributed by atoms with Crippen molar-refractivity contribution < 1.29 is 22.8 Å². The molecular weight excluding hydrogens is 382 g/mol. The number of quaternary nitrogens is 1. The molecule has 2 aliphatic rings. The van der Waals surface area contributed by atoms with Gasteiger partial charge in [0.25, 0.3) is 0 Å². The van der Waals surface area contributed by atoms with E-state index in [0.29, 0.717) is 15.5 Å². The molecule has 2 saturated heterocycles. The zero-order chi connectivity index (χ0) is 19.9. The fourth-order valence-corrected chi connectivity index (χ4v) is 5.46. The van der Waals surface area contributed by atoms with E-state index in [1.54, 1.807) is 0 Å². The Balaban J connectivity index is 1.61. The molecule has 28 heavy (non-hydrogen) atoms. The second-order valence-corrected chi connectivity index (χ2v) is 9.14. The van der Waals surface area contributed by atoms with Gasteiger partial charge in [-0.25, -0.2) is 13.6 Å². The van der Waals surface area contributed by atoms with Crippen LogP contribution in [0, 0.1) is 11.6 Å². The minimum absolute atomic E-state index is 0.00159. The highest BCUT2D eigenvalue weighted by Gasteiger charge is 2.60. The summed E-state index contributed by atoms with van der Waals surface area (Å²) >= 11 is 1.39. The predicted octanol–water partition coefficient (Wildman–Crippen LogP) is 5.29. The van der Waals surface area contributed by atoms with Crippen molar-refractivity contribution in [2.75, 3.05) is 19.0 Å². The lowest BCUT2D eigenvalue weighted by Crippen LogP contribution is -2.63. The van der Waals surface area contributed by atoms with Crippen LogP contribution in [-0.4, -0.2) is 36.4 Å². The SMILES string of the molecule is C[N+]1(C)C2CCCC1(OC(=O)N(Cc1ccc(F)cc1F)c1cccs1)CC2. The maximum absolute atomic E-state index is 14.2. The van der Waals surface area contributed by atoms with E-state index in [2.05, 4.69) is 14.1 Å². The molecule has 0 spiro atoms. The first-order valence-electron chi connectivity index (χ1n) is 9.64. The first-order valence-corrected chi connectivity index (χ1v) is 10.5. The van der Waals surface area contributed by atoms with Gasteiger partial charge in [0, 0.05) is 30.9 Å². The molecule has 0 N–H and O–H groups in total. The van der Waals surface area contributed by atoms with Gasteiger partial charge in [-0.1, -0.05) is 6.07 Å². The van der Waals surface area contributed by atoms with Gasteiger partial charge in [-0.15, -0.1) is 11.3 Å². The van der Waals surface area contributed by atoms with E-state index in [-0.39, 0.29) is 12.1 Å². The molecule has 1 aromatic carbocycles. The number of amides is 1. The number of halogens is 2. The number of carbonyl (C=O) groups is 1. The molecule has 2 fully saturated rings. The third-order valence-corrected chi connectivity index (χ3v) is 7.44. The number of rotatable bonds is 4. The normalized spacial score (nSPS) is 25.5. The van der Waals surface area contributed by atoms with Crippen LogP contribution in [0.15, 0.2) is 35.7 Å². The lowest BCUT2D eigenvalue weighted by atomic mass is 9.97. The molecule has 0 saturated carbocycles. The van der Waals surface area contributed by atoms with Crippen LogP contribution in [0.25, 0.3) is 0 Å². The summed E-state index contributed by atoms with van der Waals surface area (Å²) in [6.45, 7) is -0.00159. The predicted molar refractivity (Wildman–Crippen MR) is 105 cm³/mol. The molecule has 2 aliphatic heterocycles. The van der Waals surface area contributed by atoms with Crippen molar-refractivity contribution in [2.45, 2.75) is 50.4 Å². The average molecular weight is 408 g/mol. The summed E-state index contributed by atoms with van der Waals surface area (Å²) < 4.78 is 34.4. The fraction of sp³-hybridized carbons (Fsp3) is 0.476. The Kier molecular flexibility index (Phi) is 4.91. The zero-order valence-electron chi connectivity index (χ0n) is 16.2. The highest BCUT2D eigenvalue weighted by molar-refractivity contribution is 7.14. The third-order valence-electron chi connectivity index (χ3n) is 6.55. The number of benzene rings is 1. The van der Waals surface area contributed by atoms with Crippen LogP contribution in [0.3, 0.4) is 0 Å². The number of piperidine rings is 1. The monoisotopic (exact) mass is 407 g/mol. The number of hydrogen-bond donors (Lipinski definition) is 0. The van der Waals surface area contributed by atoms with Gasteiger partial charge in [0.2, 0.25) is 5.72 Å². The third kappa shape index (κ3) is 3.20. The van der Waals surface area contributed by atoms with Crippen molar-refractivity contribution in [1.29, 1.82) is 0 Å². The molecule has 4 nitrogen and oxygen atoms in total. The van der Waals surface area contributed by atoms with E-state index >= 15 is 0 Å². The average Bonchev–Trinajstić information content (AvgIpc) is 3.16. The molecule has 0 aliphatic carbocycles. The highest BCUT2D eigenvalue weighted by Crippen LogP contribution is 2.49. The van der Waals surface area contributed by atoms with Gasteiger partial charge in [-0.05, 0) is 36.4 Å². The molecule has 3 heterocycles. The summed E-state index contributed by atoms with van der Waals surface area (Å²) in [6.07, 6.45) is 4.46. The summed E-state index contributed by atoms with van der Waals surface area (Å²) in [5.74, 6) is -1.30. The summed E-state index contributed by atoms with van der Waals surface area (Å²) in [5, 5.41) is 2.54. The van der Waals surface area contributed by atoms with Gasteiger partial charge in [-0.3, -0.25) is 9.38 Å². The van der Waals surface area contributed by atoms with Gasteiger partial charge < -0.3 is 4.74 Å². The van der Waals surface area contributed by atoms with Crippen LogP contribution < -0.4 is 4.90 Å². The molecule has 2 atom stereocenters. The molecule has 2 unspecified atom stereocenters. The number of fused-ring (bicyclic) bond motifs is 2. The standard InChI is InChI=1S/C21H25F2N2O2S/c1-25(2)17-5-3-10-21(25,11-9-17)27-20(26)24(19-6-4-12-28-19)14-15-7-8-16(22)13-18(15)23/h4,6-8,12-13,17H,3,5,9-11,14H2,1-2H3/q+1. The molecule has 1 amide bonds. The minimum Gasteiger partial charge on any atom is -0.393 e. The lowest BCUT2D eigenvalue weighted by molar-refractivity contribution is -0.977. The van der Waals surface area contributed by atoms with E-state index in [1.807, 2.05) is 17.5 Å². The second kappa shape index (κ2) is 7.12. The van der Waals surface area contributed by atoms with Gasteiger partial charge in [0.1, 0.15) is 16.6 Å². The summed E-state index contributed by atoms with van der Waals surface area (Å²) in [4.78, 5) is 14.7. The maximum Gasteiger partial charge on any atom is 0.419 e. The van der Waals surface area contributed by atoms with Gasteiger partial charge in [-0.2, -0.15) is 0 Å². The van der Waals surface area contributed by atoms with Crippen LogP contribution in [0.5, 0.6) is 0 Å². The van der Waals surface area contributed by atoms with Crippen LogP contribution in [0.1, 0.15) is 37.7 Å². The topological polar surface area (TPSA) is 29.5 Å². The van der Waals surface area contributed by atoms with Crippen molar-refractivity contribution in [1.82, 2.24) is 0 Å². The van der Waals surface area contributed by atoms with E-state index in [0.717, 1.165) is 38.2 Å². The number of ether oxygens (including phenoxy) is 1. The Labute approximate surface area is 167 Å². The minimum atomic E-state index is -0.665. The molecule has 4 rings (SSSR count). The van der Waals surface area contributed by atoms with Gasteiger partial charge >= 0.3 is 6.09 Å².